The number of benzene rings is 1. The second-order valence-electron chi connectivity index (χ2n) is 4.04. The summed E-state index contributed by atoms with van der Waals surface area (Å²) in [6.45, 7) is 0.298. The number of aromatic nitrogens is 1. The predicted molar refractivity (Wildman–Crippen MR) is 64.0 cm³/mol. The molecule has 2 rings (SSSR count). The third-order valence-corrected chi connectivity index (χ3v) is 2.75. The minimum absolute atomic E-state index is 0.270. The molecule has 0 unspecified atom stereocenters. The molecule has 0 aliphatic carbocycles. The van der Waals surface area contributed by atoms with Crippen molar-refractivity contribution < 1.29 is 14.0 Å². The van der Waals surface area contributed by atoms with Crippen LogP contribution in [0.5, 0.6) is 0 Å². The Labute approximate surface area is 102 Å². The van der Waals surface area contributed by atoms with Gasteiger partial charge in [-0.25, -0.2) is 4.79 Å². The van der Waals surface area contributed by atoms with Gasteiger partial charge in [0, 0.05) is 20.6 Å². The molecule has 0 spiro atoms. The SMILES string of the molecule is CN(Cc1ccc2oc(=O)n(C)c2c1)C(=O)C=O. The third kappa shape index (κ3) is 2.04. The van der Waals surface area contributed by atoms with E-state index in [2.05, 4.69) is 0 Å². The molecule has 0 saturated heterocycles. The van der Waals surface area contributed by atoms with Gasteiger partial charge in [-0.15, -0.1) is 0 Å². The molecule has 1 aromatic heterocycles. The van der Waals surface area contributed by atoms with Crippen molar-refractivity contribution in [3.8, 4) is 0 Å². The number of carbonyl (C=O) groups is 2. The second-order valence-corrected chi connectivity index (χ2v) is 4.04. The molecule has 1 heterocycles. The fraction of sp³-hybridized carbons (Fsp3) is 0.250. The number of aryl methyl sites for hydroxylation is 1. The highest BCUT2D eigenvalue weighted by molar-refractivity contribution is 6.23. The van der Waals surface area contributed by atoms with Crippen LogP contribution < -0.4 is 5.76 Å². The molecule has 6 heteroatoms. The van der Waals surface area contributed by atoms with Gasteiger partial charge < -0.3 is 9.32 Å². The first-order chi connectivity index (χ1) is 8.52. The van der Waals surface area contributed by atoms with Gasteiger partial charge in [0.05, 0.1) is 5.52 Å². The molecule has 0 fully saturated rings. The zero-order chi connectivity index (χ0) is 13.3. The average molecular weight is 248 g/mol. The summed E-state index contributed by atoms with van der Waals surface area (Å²) >= 11 is 0. The van der Waals surface area contributed by atoms with Crippen LogP contribution in [0.15, 0.2) is 27.4 Å². The van der Waals surface area contributed by atoms with Crippen molar-refractivity contribution in [2.45, 2.75) is 6.54 Å². The van der Waals surface area contributed by atoms with Crippen LogP contribution in [0, 0.1) is 0 Å². The third-order valence-electron chi connectivity index (χ3n) is 2.75. The number of nitrogens with zero attached hydrogens (tertiary/aromatic N) is 2. The van der Waals surface area contributed by atoms with Crippen molar-refractivity contribution in [1.82, 2.24) is 9.47 Å². The van der Waals surface area contributed by atoms with E-state index in [0.717, 1.165) is 5.56 Å². The van der Waals surface area contributed by atoms with Gasteiger partial charge in [0.25, 0.3) is 5.91 Å². The molecule has 0 bridgehead atoms. The van der Waals surface area contributed by atoms with E-state index < -0.39 is 11.7 Å². The van der Waals surface area contributed by atoms with Crippen molar-refractivity contribution in [3.63, 3.8) is 0 Å². The molecule has 0 saturated carbocycles. The summed E-state index contributed by atoms with van der Waals surface area (Å²) in [5, 5.41) is 0. The van der Waals surface area contributed by atoms with Crippen LogP contribution in [0.4, 0.5) is 0 Å². The quantitative estimate of drug-likeness (QED) is 0.578. The zero-order valence-corrected chi connectivity index (χ0v) is 10.0. The molecule has 18 heavy (non-hydrogen) atoms. The zero-order valence-electron chi connectivity index (χ0n) is 10.0. The highest BCUT2D eigenvalue weighted by Crippen LogP contribution is 2.15. The smallest absolute Gasteiger partial charge is 0.408 e. The van der Waals surface area contributed by atoms with E-state index in [1.54, 1.807) is 25.2 Å². The van der Waals surface area contributed by atoms with Gasteiger partial charge in [-0.3, -0.25) is 14.2 Å². The Hall–Kier alpha value is -2.37. The molecular formula is C12H12N2O4. The lowest BCUT2D eigenvalue weighted by Crippen LogP contribution is -2.26. The van der Waals surface area contributed by atoms with E-state index in [1.165, 1.54) is 16.5 Å². The molecule has 0 atom stereocenters. The average Bonchev–Trinajstić information content (AvgIpc) is 2.64. The Bertz CT molecular complexity index is 668. The van der Waals surface area contributed by atoms with Crippen LogP contribution in [0.3, 0.4) is 0 Å². The Morgan fingerprint density at radius 3 is 2.89 bits per heavy atom. The fourth-order valence-electron chi connectivity index (χ4n) is 1.71. The molecule has 1 amide bonds. The van der Waals surface area contributed by atoms with Gasteiger partial charge in [-0.05, 0) is 17.7 Å². The molecule has 0 N–H and O–H groups in total. The van der Waals surface area contributed by atoms with Crippen molar-refractivity contribution in [2.24, 2.45) is 7.05 Å². The molecule has 6 nitrogen and oxygen atoms in total. The van der Waals surface area contributed by atoms with Crippen molar-refractivity contribution >= 4 is 23.3 Å². The minimum atomic E-state index is -0.587. The Kier molecular flexibility index (Phi) is 3.01. The number of oxazole rings is 1. The summed E-state index contributed by atoms with van der Waals surface area (Å²) in [7, 11) is 3.15. The number of hydrogen-bond acceptors (Lipinski definition) is 4. The van der Waals surface area contributed by atoms with E-state index in [0.29, 0.717) is 17.6 Å². The van der Waals surface area contributed by atoms with Gasteiger partial charge in [-0.2, -0.15) is 0 Å². The Morgan fingerprint density at radius 2 is 2.22 bits per heavy atom. The largest absolute Gasteiger partial charge is 0.419 e. The lowest BCUT2D eigenvalue weighted by atomic mass is 10.2. The number of amides is 1. The van der Waals surface area contributed by atoms with Gasteiger partial charge in [0.1, 0.15) is 0 Å². The molecule has 1 aromatic carbocycles. The predicted octanol–water partition coefficient (Wildman–Crippen LogP) is 0.289. The first-order valence-electron chi connectivity index (χ1n) is 5.31. The number of fused-ring (bicyclic) bond motifs is 1. The van der Waals surface area contributed by atoms with Crippen LogP contribution >= 0.6 is 0 Å². The highest BCUT2D eigenvalue weighted by atomic mass is 16.4. The normalized spacial score (nSPS) is 10.6. The van der Waals surface area contributed by atoms with Crippen LogP contribution in [0.2, 0.25) is 0 Å². The van der Waals surface area contributed by atoms with Crippen LogP contribution in [-0.4, -0.2) is 28.7 Å². The van der Waals surface area contributed by atoms with E-state index in [4.69, 9.17) is 4.42 Å². The summed E-state index contributed by atoms with van der Waals surface area (Å²) in [5.41, 5.74) is 1.97. The van der Waals surface area contributed by atoms with E-state index in [9.17, 15) is 14.4 Å². The van der Waals surface area contributed by atoms with E-state index in [1.807, 2.05) is 0 Å². The van der Waals surface area contributed by atoms with Gasteiger partial charge in [0.15, 0.2) is 5.58 Å². The number of aldehydes is 1. The van der Waals surface area contributed by atoms with Crippen LogP contribution in [0.1, 0.15) is 5.56 Å². The summed E-state index contributed by atoms with van der Waals surface area (Å²) in [6.07, 6.45) is 0.270. The standard InChI is InChI=1S/C12H12N2O4/c1-13(11(16)7-15)6-8-3-4-10-9(5-8)14(2)12(17)18-10/h3-5,7H,6H2,1-2H3. The maximum atomic E-state index is 11.3. The topological polar surface area (TPSA) is 72.5 Å². The summed E-state index contributed by atoms with van der Waals surface area (Å²) in [4.78, 5) is 34.1. The minimum Gasteiger partial charge on any atom is -0.408 e. The first-order valence-corrected chi connectivity index (χ1v) is 5.31. The number of hydrogen-bond donors (Lipinski definition) is 0. The summed E-state index contributed by atoms with van der Waals surface area (Å²) in [6, 6.07) is 5.18. The monoisotopic (exact) mass is 248 g/mol. The Morgan fingerprint density at radius 1 is 1.50 bits per heavy atom. The number of likely N-dealkylation sites (N-methyl/N-ethyl adjacent to an activating group) is 1. The summed E-state index contributed by atoms with van der Waals surface area (Å²) in [5.74, 6) is -1.02. The van der Waals surface area contributed by atoms with Crippen LogP contribution in [0.25, 0.3) is 11.1 Å². The molecule has 0 aliphatic rings. The Balaban J connectivity index is 2.35. The maximum absolute atomic E-state index is 11.3. The van der Waals surface area contributed by atoms with Crippen LogP contribution in [-0.2, 0) is 23.2 Å². The first kappa shape index (κ1) is 12.1. The molecule has 0 radical (unpaired) electrons. The van der Waals surface area contributed by atoms with Crippen molar-refractivity contribution in [2.75, 3.05) is 7.05 Å². The van der Waals surface area contributed by atoms with Gasteiger partial charge in [-0.1, -0.05) is 6.07 Å². The van der Waals surface area contributed by atoms with Crippen molar-refractivity contribution in [1.29, 1.82) is 0 Å². The molecule has 94 valence electrons. The molecular weight excluding hydrogens is 236 g/mol. The van der Waals surface area contributed by atoms with Crippen molar-refractivity contribution in [3.05, 3.63) is 34.3 Å². The summed E-state index contributed by atoms with van der Waals surface area (Å²) < 4.78 is 6.39. The molecule has 2 aromatic rings. The van der Waals surface area contributed by atoms with Gasteiger partial charge >= 0.3 is 5.76 Å². The number of carbonyl (C=O) groups excluding carboxylic acids is 2. The van der Waals surface area contributed by atoms with Gasteiger partial charge in [0.2, 0.25) is 6.29 Å². The maximum Gasteiger partial charge on any atom is 0.419 e. The lowest BCUT2D eigenvalue weighted by molar-refractivity contribution is -0.138. The van der Waals surface area contributed by atoms with E-state index in [-0.39, 0.29) is 6.29 Å². The second kappa shape index (κ2) is 4.48. The fourth-order valence-corrected chi connectivity index (χ4v) is 1.71. The van der Waals surface area contributed by atoms with E-state index >= 15 is 0 Å². The number of rotatable bonds is 3. The highest BCUT2D eigenvalue weighted by Gasteiger charge is 2.10. The lowest BCUT2D eigenvalue weighted by Gasteiger charge is -2.13. The molecule has 0 aliphatic heterocycles.